The molecular weight excluding hydrogens is 166 g/mol. The quantitative estimate of drug-likeness (QED) is 0.671. The molecule has 1 heterocycles. The SMILES string of the molecule is CCC(=O)OCCC1CCCNC1. The van der Waals surface area contributed by atoms with Gasteiger partial charge in [0.05, 0.1) is 6.61 Å². The molecule has 1 atom stereocenters. The minimum atomic E-state index is -0.0798. The normalized spacial score (nSPS) is 22.7. The molecule has 1 unspecified atom stereocenters. The minimum Gasteiger partial charge on any atom is -0.466 e. The number of rotatable bonds is 4. The Morgan fingerprint density at radius 3 is 3.08 bits per heavy atom. The van der Waals surface area contributed by atoms with Gasteiger partial charge in [0, 0.05) is 6.42 Å². The fraction of sp³-hybridized carbons (Fsp3) is 0.900. The summed E-state index contributed by atoms with van der Waals surface area (Å²) in [6, 6.07) is 0. The van der Waals surface area contributed by atoms with Crippen LogP contribution in [0.15, 0.2) is 0 Å². The summed E-state index contributed by atoms with van der Waals surface area (Å²) in [6.45, 7) is 4.65. The summed E-state index contributed by atoms with van der Waals surface area (Å²) >= 11 is 0. The highest BCUT2D eigenvalue weighted by Gasteiger charge is 2.12. The van der Waals surface area contributed by atoms with Crippen LogP contribution in [0.3, 0.4) is 0 Å². The second kappa shape index (κ2) is 5.97. The Labute approximate surface area is 79.8 Å². The topological polar surface area (TPSA) is 38.3 Å². The molecule has 0 spiro atoms. The summed E-state index contributed by atoms with van der Waals surface area (Å²) in [4.78, 5) is 10.8. The molecule has 1 aliphatic rings. The number of ether oxygens (including phenoxy) is 1. The number of piperidine rings is 1. The largest absolute Gasteiger partial charge is 0.466 e. The van der Waals surface area contributed by atoms with E-state index in [1.807, 2.05) is 6.92 Å². The third-order valence-electron chi connectivity index (χ3n) is 2.48. The van der Waals surface area contributed by atoms with E-state index < -0.39 is 0 Å². The predicted octanol–water partition coefficient (Wildman–Crippen LogP) is 1.33. The van der Waals surface area contributed by atoms with Crippen molar-refractivity contribution in [2.24, 2.45) is 5.92 Å². The summed E-state index contributed by atoms with van der Waals surface area (Å²) in [5.41, 5.74) is 0. The van der Waals surface area contributed by atoms with Gasteiger partial charge in [0.15, 0.2) is 0 Å². The van der Waals surface area contributed by atoms with Crippen LogP contribution in [0, 0.1) is 5.92 Å². The molecule has 0 aliphatic carbocycles. The molecular formula is C10H19NO2. The Kier molecular flexibility index (Phi) is 4.83. The van der Waals surface area contributed by atoms with Gasteiger partial charge in [0.25, 0.3) is 0 Å². The fourth-order valence-corrected chi connectivity index (χ4v) is 1.61. The van der Waals surface area contributed by atoms with Crippen molar-refractivity contribution in [3.63, 3.8) is 0 Å². The molecule has 3 heteroatoms. The van der Waals surface area contributed by atoms with E-state index in [-0.39, 0.29) is 5.97 Å². The molecule has 0 bridgehead atoms. The van der Waals surface area contributed by atoms with E-state index in [0.717, 1.165) is 19.5 Å². The molecule has 1 N–H and O–H groups in total. The molecule has 3 nitrogen and oxygen atoms in total. The molecule has 76 valence electrons. The summed E-state index contributed by atoms with van der Waals surface area (Å²) in [7, 11) is 0. The molecule has 1 fully saturated rings. The van der Waals surface area contributed by atoms with Crippen LogP contribution in [0.25, 0.3) is 0 Å². The second-order valence-electron chi connectivity index (χ2n) is 3.58. The first kappa shape index (κ1) is 10.5. The van der Waals surface area contributed by atoms with Crippen molar-refractivity contribution >= 4 is 5.97 Å². The van der Waals surface area contributed by atoms with E-state index in [4.69, 9.17) is 4.74 Å². The van der Waals surface area contributed by atoms with Gasteiger partial charge in [0.1, 0.15) is 0 Å². The lowest BCUT2D eigenvalue weighted by molar-refractivity contribution is -0.143. The van der Waals surface area contributed by atoms with Crippen molar-refractivity contribution in [3.05, 3.63) is 0 Å². The van der Waals surface area contributed by atoms with Gasteiger partial charge in [-0.05, 0) is 38.3 Å². The molecule has 13 heavy (non-hydrogen) atoms. The van der Waals surface area contributed by atoms with E-state index in [9.17, 15) is 4.79 Å². The van der Waals surface area contributed by atoms with Crippen molar-refractivity contribution in [1.82, 2.24) is 5.32 Å². The number of esters is 1. The highest BCUT2D eigenvalue weighted by molar-refractivity contribution is 5.68. The predicted molar refractivity (Wildman–Crippen MR) is 51.5 cm³/mol. The van der Waals surface area contributed by atoms with Gasteiger partial charge in [-0.25, -0.2) is 0 Å². The number of hydrogen-bond acceptors (Lipinski definition) is 3. The van der Waals surface area contributed by atoms with E-state index in [1.165, 1.54) is 12.8 Å². The number of nitrogens with one attached hydrogen (secondary N) is 1. The second-order valence-corrected chi connectivity index (χ2v) is 3.58. The van der Waals surface area contributed by atoms with Crippen molar-refractivity contribution in [2.75, 3.05) is 19.7 Å². The Morgan fingerprint density at radius 1 is 1.62 bits per heavy atom. The van der Waals surface area contributed by atoms with Crippen molar-refractivity contribution < 1.29 is 9.53 Å². The van der Waals surface area contributed by atoms with Gasteiger partial charge in [-0.1, -0.05) is 6.92 Å². The molecule has 1 rings (SSSR count). The Balaban J connectivity index is 2.01. The zero-order valence-corrected chi connectivity index (χ0v) is 8.34. The molecule has 0 amide bonds. The third kappa shape index (κ3) is 4.27. The molecule has 0 aromatic rings. The zero-order chi connectivity index (χ0) is 9.52. The first-order valence-corrected chi connectivity index (χ1v) is 5.19. The van der Waals surface area contributed by atoms with Crippen LogP contribution in [0.4, 0.5) is 0 Å². The molecule has 0 radical (unpaired) electrons. The third-order valence-corrected chi connectivity index (χ3v) is 2.48. The smallest absolute Gasteiger partial charge is 0.305 e. The maximum atomic E-state index is 10.8. The lowest BCUT2D eigenvalue weighted by Gasteiger charge is -2.22. The minimum absolute atomic E-state index is 0.0798. The number of carbonyl (C=O) groups excluding carboxylic acids is 1. The summed E-state index contributed by atoms with van der Waals surface area (Å²) in [5, 5.41) is 3.35. The standard InChI is InChI=1S/C10H19NO2/c1-2-10(12)13-7-5-9-4-3-6-11-8-9/h9,11H,2-8H2,1H3. The van der Waals surface area contributed by atoms with Crippen LogP contribution in [0.2, 0.25) is 0 Å². The summed E-state index contributed by atoms with van der Waals surface area (Å²) in [6.07, 6.45) is 4.03. The summed E-state index contributed by atoms with van der Waals surface area (Å²) < 4.78 is 5.03. The first-order chi connectivity index (χ1) is 6.33. The van der Waals surface area contributed by atoms with Crippen LogP contribution < -0.4 is 5.32 Å². The highest BCUT2D eigenvalue weighted by atomic mass is 16.5. The Hall–Kier alpha value is -0.570. The van der Waals surface area contributed by atoms with Crippen LogP contribution in [0.5, 0.6) is 0 Å². The van der Waals surface area contributed by atoms with Crippen molar-refractivity contribution in [1.29, 1.82) is 0 Å². The maximum absolute atomic E-state index is 10.8. The molecule has 0 aromatic carbocycles. The molecule has 1 aliphatic heterocycles. The van der Waals surface area contributed by atoms with Gasteiger partial charge < -0.3 is 10.1 Å². The summed E-state index contributed by atoms with van der Waals surface area (Å²) in [5.74, 6) is 0.627. The van der Waals surface area contributed by atoms with Crippen molar-refractivity contribution in [2.45, 2.75) is 32.6 Å². The van der Waals surface area contributed by atoms with Gasteiger partial charge in [-0.3, -0.25) is 4.79 Å². The number of hydrogen-bond donors (Lipinski definition) is 1. The van der Waals surface area contributed by atoms with Gasteiger partial charge in [0.2, 0.25) is 0 Å². The van der Waals surface area contributed by atoms with Gasteiger partial charge in [-0.15, -0.1) is 0 Å². The zero-order valence-electron chi connectivity index (χ0n) is 8.34. The molecule has 0 aromatic heterocycles. The van der Waals surface area contributed by atoms with Crippen LogP contribution in [0.1, 0.15) is 32.6 Å². The highest BCUT2D eigenvalue weighted by Crippen LogP contribution is 2.13. The first-order valence-electron chi connectivity index (χ1n) is 5.19. The average molecular weight is 185 g/mol. The molecule has 1 saturated heterocycles. The number of carbonyl (C=O) groups is 1. The average Bonchev–Trinajstić information content (AvgIpc) is 2.19. The molecule has 0 saturated carbocycles. The van der Waals surface area contributed by atoms with Crippen LogP contribution in [-0.4, -0.2) is 25.7 Å². The lowest BCUT2D eigenvalue weighted by Crippen LogP contribution is -2.30. The fourth-order valence-electron chi connectivity index (χ4n) is 1.61. The Bertz CT molecular complexity index is 153. The van der Waals surface area contributed by atoms with Gasteiger partial charge >= 0.3 is 5.97 Å². The van der Waals surface area contributed by atoms with Gasteiger partial charge in [-0.2, -0.15) is 0 Å². The van der Waals surface area contributed by atoms with Crippen LogP contribution >= 0.6 is 0 Å². The van der Waals surface area contributed by atoms with Crippen LogP contribution in [-0.2, 0) is 9.53 Å². The van der Waals surface area contributed by atoms with E-state index in [1.54, 1.807) is 0 Å². The van der Waals surface area contributed by atoms with E-state index >= 15 is 0 Å². The Morgan fingerprint density at radius 2 is 2.46 bits per heavy atom. The monoisotopic (exact) mass is 185 g/mol. The van der Waals surface area contributed by atoms with E-state index in [0.29, 0.717) is 18.9 Å². The lowest BCUT2D eigenvalue weighted by atomic mass is 9.97. The maximum Gasteiger partial charge on any atom is 0.305 e. The van der Waals surface area contributed by atoms with Crippen molar-refractivity contribution in [3.8, 4) is 0 Å². The van der Waals surface area contributed by atoms with E-state index in [2.05, 4.69) is 5.32 Å².